The SMILES string of the molecule is CC(C)CNC1COc2ccc(CNS(=O)(=O)c3cn(C)cn3)cc2C1Cc1ccccc1.O=C(O)C(F)(F)F. The minimum Gasteiger partial charge on any atom is -0.492 e. The van der Waals surface area contributed by atoms with Crippen molar-refractivity contribution in [2.45, 2.75) is 50.0 Å². The van der Waals surface area contributed by atoms with Crippen LogP contribution >= 0.6 is 0 Å². The van der Waals surface area contributed by atoms with Crippen LogP contribution in [0.2, 0.25) is 0 Å². The maximum Gasteiger partial charge on any atom is 0.490 e. The number of hydrogen-bond donors (Lipinski definition) is 3. The Bertz CT molecular complexity index is 1380. The van der Waals surface area contributed by atoms with Crippen LogP contribution in [0, 0.1) is 5.92 Å². The third kappa shape index (κ3) is 8.80. The largest absolute Gasteiger partial charge is 0.492 e. The van der Waals surface area contributed by atoms with Crippen LogP contribution in [0.25, 0.3) is 0 Å². The summed E-state index contributed by atoms with van der Waals surface area (Å²) in [5.74, 6) is -1.12. The van der Waals surface area contributed by atoms with E-state index in [9.17, 15) is 21.6 Å². The third-order valence-electron chi connectivity index (χ3n) is 6.13. The van der Waals surface area contributed by atoms with E-state index in [0.717, 1.165) is 29.8 Å². The van der Waals surface area contributed by atoms with E-state index in [2.05, 4.69) is 59.2 Å². The van der Waals surface area contributed by atoms with Crippen LogP contribution in [0.15, 0.2) is 66.1 Å². The van der Waals surface area contributed by atoms with Crippen LogP contribution in [0.4, 0.5) is 13.2 Å². The highest BCUT2D eigenvalue weighted by Gasteiger charge is 2.38. The summed E-state index contributed by atoms with van der Waals surface area (Å²) < 4.78 is 67.3. The number of aromatic nitrogens is 2. The molecule has 3 aromatic rings. The van der Waals surface area contributed by atoms with E-state index in [1.54, 1.807) is 11.6 Å². The zero-order valence-corrected chi connectivity index (χ0v) is 23.2. The summed E-state index contributed by atoms with van der Waals surface area (Å²) in [6.45, 7) is 6.11. The topological polar surface area (TPSA) is 123 Å². The lowest BCUT2D eigenvalue weighted by atomic mass is 9.83. The van der Waals surface area contributed by atoms with Gasteiger partial charge in [-0.15, -0.1) is 0 Å². The number of fused-ring (bicyclic) bond motifs is 1. The summed E-state index contributed by atoms with van der Waals surface area (Å²) in [5, 5.41) is 10.8. The van der Waals surface area contributed by atoms with Crippen LogP contribution in [-0.4, -0.2) is 54.4 Å². The molecular weight excluding hydrogens is 549 g/mol. The number of alkyl halides is 3. The quantitative estimate of drug-likeness (QED) is 0.350. The smallest absolute Gasteiger partial charge is 0.490 e. The first-order chi connectivity index (χ1) is 18.8. The lowest BCUT2D eigenvalue weighted by molar-refractivity contribution is -0.192. The number of carboxylic acid groups (broad SMARTS) is 1. The van der Waals surface area contributed by atoms with E-state index in [1.807, 2.05) is 18.2 Å². The summed E-state index contributed by atoms with van der Waals surface area (Å²) in [6, 6.07) is 16.6. The number of ether oxygens (including phenoxy) is 1. The summed E-state index contributed by atoms with van der Waals surface area (Å²) >= 11 is 0. The van der Waals surface area contributed by atoms with Crippen LogP contribution in [0.1, 0.15) is 36.5 Å². The van der Waals surface area contributed by atoms with Gasteiger partial charge in [0.25, 0.3) is 10.0 Å². The maximum atomic E-state index is 12.6. The van der Waals surface area contributed by atoms with Crippen molar-refractivity contribution in [3.8, 4) is 5.75 Å². The zero-order valence-electron chi connectivity index (χ0n) is 22.4. The second-order valence-corrected chi connectivity index (χ2v) is 11.6. The number of carboxylic acids is 1. The number of rotatable bonds is 9. The van der Waals surface area contributed by atoms with E-state index in [4.69, 9.17) is 14.6 Å². The van der Waals surface area contributed by atoms with E-state index in [-0.39, 0.29) is 23.5 Å². The van der Waals surface area contributed by atoms with Crippen molar-refractivity contribution in [1.29, 1.82) is 0 Å². The fourth-order valence-corrected chi connectivity index (χ4v) is 5.13. The Morgan fingerprint density at radius 1 is 1.18 bits per heavy atom. The molecule has 0 spiro atoms. The van der Waals surface area contributed by atoms with Crippen molar-refractivity contribution in [2.75, 3.05) is 13.2 Å². The molecule has 9 nitrogen and oxygen atoms in total. The predicted molar refractivity (Wildman–Crippen MR) is 142 cm³/mol. The highest BCUT2D eigenvalue weighted by Crippen LogP contribution is 2.37. The molecule has 2 atom stereocenters. The number of nitrogens with zero attached hydrogens (tertiary/aromatic N) is 2. The molecule has 218 valence electrons. The van der Waals surface area contributed by atoms with Crippen molar-refractivity contribution in [3.63, 3.8) is 0 Å². The molecule has 1 aliphatic rings. The number of aryl methyl sites for hydroxylation is 1. The van der Waals surface area contributed by atoms with Gasteiger partial charge in [0.2, 0.25) is 0 Å². The molecule has 3 N–H and O–H groups in total. The molecule has 1 aliphatic heterocycles. The molecule has 40 heavy (non-hydrogen) atoms. The molecule has 0 saturated carbocycles. The van der Waals surface area contributed by atoms with E-state index in [1.165, 1.54) is 18.1 Å². The normalized spacial score (nSPS) is 17.0. The van der Waals surface area contributed by atoms with Gasteiger partial charge in [-0.2, -0.15) is 13.2 Å². The first-order valence-electron chi connectivity index (χ1n) is 12.6. The molecule has 4 rings (SSSR count). The molecule has 0 bridgehead atoms. The standard InChI is InChI=1S/C25H32N4O3S.C2HF3O2/c1-18(2)13-26-23-16-32-24-10-9-20(14-28-33(30,31)25-15-29(3)17-27-25)12-22(24)21(23)11-19-7-5-4-6-8-19;3-2(4,5)1(6)7/h4-10,12,15,17-18,21,23,26,28H,11,13-14,16H2,1-3H3;(H,6,7). The van der Waals surface area contributed by atoms with Gasteiger partial charge in [0.1, 0.15) is 12.4 Å². The molecule has 1 aromatic heterocycles. The van der Waals surface area contributed by atoms with Crippen LogP contribution in [0.3, 0.4) is 0 Å². The van der Waals surface area contributed by atoms with Gasteiger partial charge >= 0.3 is 12.1 Å². The van der Waals surface area contributed by atoms with Crippen molar-refractivity contribution in [1.82, 2.24) is 19.6 Å². The Balaban J connectivity index is 0.000000559. The van der Waals surface area contributed by atoms with Crippen molar-refractivity contribution in [3.05, 3.63) is 77.7 Å². The second kappa shape index (κ2) is 13.3. The summed E-state index contributed by atoms with van der Waals surface area (Å²) in [7, 11) is -1.93. The Labute approximate surface area is 231 Å². The molecule has 0 amide bonds. The average Bonchev–Trinajstić information content (AvgIpc) is 3.34. The van der Waals surface area contributed by atoms with E-state index in [0.29, 0.717) is 12.5 Å². The molecule has 2 unspecified atom stereocenters. The van der Waals surface area contributed by atoms with Gasteiger partial charge in [-0.1, -0.05) is 56.3 Å². The lowest BCUT2D eigenvalue weighted by Crippen LogP contribution is -2.44. The van der Waals surface area contributed by atoms with Gasteiger partial charge in [0.15, 0.2) is 5.03 Å². The lowest BCUT2D eigenvalue weighted by Gasteiger charge is -2.35. The Morgan fingerprint density at radius 3 is 2.42 bits per heavy atom. The van der Waals surface area contributed by atoms with Crippen molar-refractivity contribution >= 4 is 16.0 Å². The number of carbonyl (C=O) groups is 1. The maximum absolute atomic E-state index is 12.6. The molecule has 0 aliphatic carbocycles. The van der Waals surface area contributed by atoms with Crippen molar-refractivity contribution in [2.24, 2.45) is 13.0 Å². The number of aliphatic carboxylic acids is 1. The average molecular weight is 583 g/mol. The number of halogens is 3. The first kappa shape index (κ1) is 31.1. The third-order valence-corrected chi connectivity index (χ3v) is 7.42. The summed E-state index contributed by atoms with van der Waals surface area (Å²) in [6.07, 6.45) is -1.23. The molecular formula is C27H33F3N4O5S. The molecule has 13 heteroatoms. The van der Waals surface area contributed by atoms with E-state index >= 15 is 0 Å². The van der Waals surface area contributed by atoms with Crippen molar-refractivity contribution < 1.29 is 36.2 Å². The minimum absolute atomic E-state index is 0.0196. The van der Waals surface area contributed by atoms with E-state index < -0.39 is 22.2 Å². The van der Waals surface area contributed by atoms with Gasteiger partial charge in [0, 0.05) is 31.7 Å². The highest BCUT2D eigenvalue weighted by atomic mass is 32.2. The van der Waals surface area contributed by atoms with Gasteiger partial charge in [-0.25, -0.2) is 22.9 Å². The summed E-state index contributed by atoms with van der Waals surface area (Å²) in [4.78, 5) is 12.9. The van der Waals surface area contributed by atoms with Gasteiger partial charge in [-0.3, -0.25) is 0 Å². The van der Waals surface area contributed by atoms with Gasteiger partial charge in [-0.05, 0) is 41.6 Å². The number of imidazole rings is 1. The number of sulfonamides is 1. The predicted octanol–water partition coefficient (Wildman–Crippen LogP) is 3.86. The molecule has 2 aromatic carbocycles. The summed E-state index contributed by atoms with van der Waals surface area (Å²) in [5.41, 5.74) is 3.27. The monoisotopic (exact) mass is 582 g/mol. The number of benzene rings is 2. The van der Waals surface area contributed by atoms with Gasteiger partial charge in [0.05, 0.1) is 6.33 Å². The van der Waals surface area contributed by atoms with Gasteiger partial charge < -0.3 is 19.7 Å². The molecule has 0 radical (unpaired) electrons. The number of nitrogens with one attached hydrogen (secondary N) is 2. The number of hydrogen-bond acceptors (Lipinski definition) is 6. The molecule has 2 heterocycles. The first-order valence-corrected chi connectivity index (χ1v) is 14.0. The fraction of sp³-hybridized carbons (Fsp3) is 0.407. The second-order valence-electron chi connectivity index (χ2n) is 9.89. The minimum atomic E-state index is -5.08. The van der Waals surface area contributed by atoms with Crippen LogP contribution in [-0.2, 0) is 34.8 Å². The Hall–Kier alpha value is -3.42. The Morgan fingerprint density at radius 2 is 1.85 bits per heavy atom. The molecule has 0 fully saturated rings. The zero-order chi connectivity index (χ0) is 29.5. The fourth-order valence-electron chi connectivity index (χ4n) is 4.13. The van der Waals surface area contributed by atoms with Crippen LogP contribution < -0.4 is 14.8 Å². The van der Waals surface area contributed by atoms with Crippen LogP contribution in [0.5, 0.6) is 5.75 Å². The molecule has 0 saturated heterocycles. The highest BCUT2D eigenvalue weighted by molar-refractivity contribution is 7.89. The Kier molecular flexibility index (Phi) is 10.3.